The summed E-state index contributed by atoms with van der Waals surface area (Å²) >= 11 is 0. The second-order valence-corrected chi connectivity index (χ2v) is 8.78. The van der Waals surface area contributed by atoms with E-state index in [1.807, 2.05) is 6.92 Å². The Morgan fingerprint density at radius 1 is 1.32 bits per heavy atom. The van der Waals surface area contributed by atoms with Crippen molar-refractivity contribution in [3.8, 4) is 0 Å². The predicted molar refractivity (Wildman–Crippen MR) is 92.5 cm³/mol. The minimum absolute atomic E-state index is 0.0348. The molecule has 0 aromatic heterocycles. The number of aliphatic hydroxyl groups is 2. The first-order valence-corrected chi connectivity index (χ1v) is 8.76. The largest absolute Gasteiger partial charge is 0.393 e. The standard InChI is InChI=1S/C20H34O2/c1-7-19(5,22)12-10-15-14(2)8-9-16-18(3,4)17(21)11-13-20(15,16)6/h7,15-17,21-22H,1-2,8-13H2,3-6H3/t15-,16-,17-,19-,20+/m0/s1. The van der Waals surface area contributed by atoms with Gasteiger partial charge in [-0.2, -0.15) is 0 Å². The fraction of sp³-hybridized carbons (Fsp3) is 0.800. The van der Waals surface area contributed by atoms with Crippen molar-refractivity contribution >= 4 is 0 Å². The average molecular weight is 306 g/mol. The van der Waals surface area contributed by atoms with Crippen molar-refractivity contribution in [2.45, 2.75) is 77.9 Å². The van der Waals surface area contributed by atoms with Crippen molar-refractivity contribution < 1.29 is 10.2 Å². The van der Waals surface area contributed by atoms with Crippen molar-refractivity contribution in [1.82, 2.24) is 0 Å². The van der Waals surface area contributed by atoms with Gasteiger partial charge in [-0.3, -0.25) is 0 Å². The van der Waals surface area contributed by atoms with Gasteiger partial charge in [0.05, 0.1) is 11.7 Å². The Hall–Kier alpha value is -0.600. The summed E-state index contributed by atoms with van der Waals surface area (Å²) in [6, 6.07) is 0. The fourth-order valence-electron chi connectivity index (χ4n) is 5.24. The fourth-order valence-corrected chi connectivity index (χ4v) is 5.24. The molecule has 2 fully saturated rings. The van der Waals surface area contributed by atoms with E-state index < -0.39 is 5.60 Å². The number of hydrogen-bond donors (Lipinski definition) is 2. The topological polar surface area (TPSA) is 40.5 Å². The van der Waals surface area contributed by atoms with Gasteiger partial charge in [0.1, 0.15) is 0 Å². The lowest BCUT2D eigenvalue weighted by Crippen LogP contribution is -2.54. The minimum Gasteiger partial charge on any atom is -0.393 e. The van der Waals surface area contributed by atoms with Gasteiger partial charge >= 0.3 is 0 Å². The molecule has 0 aromatic rings. The highest BCUT2D eigenvalue weighted by atomic mass is 16.3. The smallest absolute Gasteiger partial charge is 0.0797 e. The predicted octanol–water partition coefficient (Wildman–Crippen LogP) is 4.47. The summed E-state index contributed by atoms with van der Waals surface area (Å²) in [5.41, 5.74) is 0.695. The summed E-state index contributed by atoms with van der Waals surface area (Å²) < 4.78 is 0. The maximum Gasteiger partial charge on any atom is 0.0797 e. The zero-order chi connectivity index (χ0) is 16.8. The minimum atomic E-state index is -0.798. The van der Waals surface area contributed by atoms with Gasteiger partial charge in [-0.15, -0.1) is 6.58 Å². The van der Waals surface area contributed by atoms with Crippen LogP contribution in [0.25, 0.3) is 0 Å². The third-order valence-corrected chi connectivity index (χ3v) is 6.93. The van der Waals surface area contributed by atoms with E-state index in [1.165, 1.54) is 5.57 Å². The van der Waals surface area contributed by atoms with Crippen molar-refractivity contribution in [2.75, 3.05) is 0 Å². The molecule has 0 amide bonds. The Bertz CT molecular complexity index is 449. The van der Waals surface area contributed by atoms with Gasteiger partial charge in [0.25, 0.3) is 0 Å². The van der Waals surface area contributed by atoms with E-state index >= 15 is 0 Å². The highest BCUT2D eigenvalue weighted by Crippen LogP contribution is 2.61. The van der Waals surface area contributed by atoms with Crippen LogP contribution in [0.15, 0.2) is 24.8 Å². The number of fused-ring (bicyclic) bond motifs is 1. The first-order valence-electron chi connectivity index (χ1n) is 8.76. The summed E-state index contributed by atoms with van der Waals surface area (Å²) in [7, 11) is 0. The first-order chi connectivity index (χ1) is 10.0. The summed E-state index contributed by atoms with van der Waals surface area (Å²) in [5.74, 6) is 0.956. The van der Waals surface area contributed by atoms with Gasteiger partial charge in [0.15, 0.2) is 0 Å². The summed E-state index contributed by atoms with van der Waals surface area (Å²) in [4.78, 5) is 0. The van der Waals surface area contributed by atoms with E-state index in [-0.39, 0.29) is 16.9 Å². The Morgan fingerprint density at radius 2 is 1.95 bits per heavy atom. The zero-order valence-corrected chi connectivity index (χ0v) is 14.9. The van der Waals surface area contributed by atoms with Crippen LogP contribution in [-0.2, 0) is 0 Å². The van der Waals surface area contributed by atoms with Crippen molar-refractivity contribution in [2.24, 2.45) is 22.7 Å². The summed E-state index contributed by atoms with van der Waals surface area (Å²) in [6.45, 7) is 16.8. The second kappa shape index (κ2) is 5.79. The van der Waals surface area contributed by atoms with Gasteiger partial charge in [0, 0.05) is 0 Å². The Balaban J connectivity index is 2.25. The van der Waals surface area contributed by atoms with Crippen molar-refractivity contribution in [3.63, 3.8) is 0 Å². The molecular weight excluding hydrogens is 272 g/mol. The molecule has 2 rings (SSSR count). The number of aliphatic hydroxyl groups excluding tert-OH is 1. The van der Waals surface area contributed by atoms with Crippen molar-refractivity contribution in [1.29, 1.82) is 0 Å². The third-order valence-electron chi connectivity index (χ3n) is 6.93. The van der Waals surface area contributed by atoms with E-state index in [1.54, 1.807) is 6.08 Å². The molecule has 22 heavy (non-hydrogen) atoms. The third kappa shape index (κ3) is 2.92. The molecule has 2 aliphatic carbocycles. The average Bonchev–Trinajstić information content (AvgIpc) is 2.42. The summed E-state index contributed by atoms with van der Waals surface area (Å²) in [5, 5.41) is 20.7. The van der Waals surface area contributed by atoms with Gasteiger partial charge in [0.2, 0.25) is 0 Å². The van der Waals surface area contributed by atoms with Crippen LogP contribution in [0.2, 0.25) is 0 Å². The lowest BCUT2D eigenvalue weighted by Gasteiger charge is -2.59. The molecule has 2 aliphatic rings. The van der Waals surface area contributed by atoms with Crippen LogP contribution in [0.5, 0.6) is 0 Å². The molecule has 0 aromatic carbocycles. The SMILES string of the molecule is C=C[C@](C)(O)CC[C@H]1C(=C)CC[C@H]2C(C)(C)[C@@H](O)CC[C@]12C. The molecule has 0 unspecified atom stereocenters. The molecule has 2 heteroatoms. The Morgan fingerprint density at radius 3 is 2.55 bits per heavy atom. The molecule has 0 aliphatic heterocycles. The van der Waals surface area contributed by atoms with Crippen LogP contribution in [0, 0.1) is 22.7 Å². The maximum absolute atomic E-state index is 10.5. The molecule has 5 atom stereocenters. The Kier molecular flexibility index (Phi) is 4.68. The molecule has 2 N–H and O–H groups in total. The van der Waals surface area contributed by atoms with E-state index in [4.69, 9.17) is 0 Å². The van der Waals surface area contributed by atoms with E-state index in [0.29, 0.717) is 11.8 Å². The van der Waals surface area contributed by atoms with Crippen LogP contribution in [-0.4, -0.2) is 21.9 Å². The normalized spacial score (nSPS) is 40.6. The van der Waals surface area contributed by atoms with Gasteiger partial charge in [-0.05, 0) is 68.1 Å². The quantitative estimate of drug-likeness (QED) is 0.752. The van der Waals surface area contributed by atoms with Crippen molar-refractivity contribution in [3.05, 3.63) is 24.8 Å². The van der Waals surface area contributed by atoms with Crippen LogP contribution in [0.4, 0.5) is 0 Å². The number of allylic oxidation sites excluding steroid dienone is 1. The maximum atomic E-state index is 10.5. The van der Waals surface area contributed by atoms with Gasteiger partial charge in [-0.25, -0.2) is 0 Å². The van der Waals surface area contributed by atoms with E-state index in [2.05, 4.69) is 33.9 Å². The molecule has 0 radical (unpaired) electrons. The molecule has 0 saturated heterocycles. The first kappa shape index (κ1) is 17.7. The highest BCUT2D eigenvalue weighted by molar-refractivity contribution is 5.17. The lowest BCUT2D eigenvalue weighted by atomic mass is 9.46. The van der Waals surface area contributed by atoms with Crippen LogP contribution in [0.3, 0.4) is 0 Å². The van der Waals surface area contributed by atoms with E-state index in [0.717, 1.165) is 38.5 Å². The summed E-state index contributed by atoms with van der Waals surface area (Å²) in [6.07, 6.45) is 7.25. The van der Waals surface area contributed by atoms with Gasteiger partial charge < -0.3 is 10.2 Å². The molecule has 126 valence electrons. The number of rotatable bonds is 4. The van der Waals surface area contributed by atoms with Crippen LogP contribution >= 0.6 is 0 Å². The lowest BCUT2D eigenvalue weighted by molar-refractivity contribution is -0.126. The zero-order valence-electron chi connectivity index (χ0n) is 14.9. The monoisotopic (exact) mass is 306 g/mol. The number of hydrogen-bond acceptors (Lipinski definition) is 2. The Labute approximate surface area is 136 Å². The molecular formula is C20H34O2. The molecule has 2 nitrogen and oxygen atoms in total. The highest BCUT2D eigenvalue weighted by Gasteiger charge is 2.55. The van der Waals surface area contributed by atoms with Crippen LogP contribution < -0.4 is 0 Å². The molecule has 0 bridgehead atoms. The molecule has 0 heterocycles. The van der Waals surface area contributed by atoms with Gasteiger partial charge in [-0.1, -0.05) is 39.0 Å². The molecule has 2 saturated carbocycles. The second-order valence-electron chi connectivity index (χ2n) is 8.78. The molecule has 0 spiro atoms. The van der Waals surface area contributed by atoms with E-state index in [9.17, 15) is 10.2 Å². The van der Waals surface area contributed by atoms with Crippen LogP contribution in [0.1, 0.15) is 66.2 Å².